The number of amides is 1. The number of carbonyl (C=O) groups is 1. The van der Waals surface area contributed by atoms with Gasteiger partial charge in [0.05, 0.1) is 25.2 Å². The molecule has 2 atom stereocenters. The van der Waals surface area contributed by atoms with Gasteiger partial charge in [-0.1, -0.05) is 0 Å². The minimum Gasteiger partial charge on any atom is -0.394 e. The van der Waals surface area contributed by atoms with Crippen molar-refractivity contribution in [2.24, 2.45) is 0 Å². The molecule has 8 nitrogen and oxygen atoms in total. The lowest BCUT2D eigenvalue weighted by Gasteiger charge is -2.28. The molecule has 0 aliphatic rings. The summed E-state index contributed by atoms with van der Waals surface area (Å²) in [5.41, 5.74) is 0. The highest BCUT2D eigenvalue weighted by molar-refractivity contribution is 6.60. The summed E-state index contributed by atoms with van der Waals surface area (Å²) in [6, 6.07) is 0.606. The number of aliphatic hydroxyl groups is 3. The van der Waals surface area contributed by atoms with Gasteiger partial charge in [-0.2, -0.15) is 0 Å². The number of carbonyl (C=O) groups excluding carboxylic acids is 1. The van der Waals surface area contributed by atoms with E-state index in [-0.39, 0.29) is 18.7 Å². The van der Waals surface area contributed by atoms with E-state index in [1.54, 1.807) is 0 Å². The molecule has 0 saturated carbocycles. The van der Waals surface area contributed by atoms with Gasteiger partial charge in [-0.15, -0.1) is 0 Å². The first-order valence-electron chi connectivity index (χ1n) is 8.58. The van der Waals surface area contributed by atoms with E-state index in [1.165, 1.54) is 0 Å². The molecule has 24 heavy (non-hydrogen) atoms. The molecule has 0 bridgehead atoms. The Kier molecular flexibility index (Phi) is 13.4. The first kappa shape index (κ1) is 23.4. The highest BCUT2D eigenvalue weighted by atomic mass is 28.4. The molecule has 0 radical (unpaired) electrons. The summed E-state index contributed by atoms with van der Waals surface area (Å²) in [4.78, 5) is 11.7. The highest BCUT2D eigenvalue weighted by Gasteiger charge is 2.39. The summed E-state index contributed by atoms with van der Waals surface area (Å²) in [5.74, 6) is -0.302. The van der Waals surface area contributed by atoms with E-state index in [0.717, 1.165) is 0 Å². The summed E-state index contributed by atoms with van der Waals surface area (Å²) >= 11 is 0. The first-order chi connectivity index (χ1) is 11.4. The van der Waals surface area contributed by atoms with Crippen LogP contribution < -0.4 is 5.32 Å². The van der Waals surface area contributed by atoms with Crippen LogP contribution in [0.5, 0.6) is 0 Å². The number of rotatable bonds is 15. The average Bonchev–Trinajstić information content (AvgIpc) is 2.52. The molecule has 0 aliphatic carbocycles. The Morgan fingerprint density at radius 1 is 1.04 bits per heavy atom. The van der Waals surface area contributed by atoms with Crippen molar-refractivity contribution in [3.05, 3.63) is 0 Å². The molecule has 0 aliphatic heterocycles. The molecule has 9 heteroatoms. The SMILES string of the molecule is CCO[Si](CCCNC(=O)C[C@@H](O)CC(O)CO)(OCC)OCC. The molecule has 0 fully saturated rings. The Bertz CT molecular complexity index is 316. The number of aliphatic hydroxyl groups excluding tert-OH is 3. The smallest absolute Gasteiger partial charge is 0.394 e. The maximum Gasteiger partial charge on any atom is 0.500 e. The molecule has 0 aromatic rings. The Balaban J connectivity index is 4.16. The second-order valence-electron chi connectivity index (χ2n) is 5.37. The standard InChI is InChI=1S/C15H33NO7Si/c1-4-21-24(22-5-2,23-6-3)9-7-8-16-15(20)11-13(18)10-14(19)12-17/h13-14,17-19H,4-12H2,1-3H3,(H,16,20)/t13-,14?/m0/s1. The predicted octanol–water partition coefficient (Wildman–Crippen LogP) is 0.0354. The Morgan fingerprint density at radius 2 is 1.58 bits per heavy atom. The van der Waals surface area contributed by atoms with Gasteiger partial charge in [0, 0.05) is 38.8 Å². The zero-order chi connectivity index (χ0) is 18.4. The molecule has 0 rings (SSSR count). The summed E-state index contributed by atoms with van der Waals surface area (Å²) < 4.78 is 17.2. The van der Waals surface area contributed by atoms with Gasteiger partial charge in [0.2, 0.25) is 5.91 Å². The van der Waals surface area contributed by atoms with E-state index >= 15 is 0 Å². The van der Waals surface area contributed by atoms with Crippen molar-refractivity contribution in [2.45, 2.75) is 58.3 Å². The number of hydrogen-bond donors (Lipinski definition) is 4. The van der Waals surface area contributed by atoms with Crippen molar-refractivity contribution >= 4 is 14.7 Å². The molecule has 144 valence electrons. The molecule has 0 saturated heterocycles. The van der Waals surface area contributed by atoms with Crippen LogP contribution in [0.3, 0.4) is 0 Å². The maximum absolute atomic E-state index is 11.7. The normalized spacial score (nSPS) is 14.4. The minimum absolute atomic E-state index is 0.0288. The number of nitrogens with one attached hydrogen (secondary N) is 1. The first-order valence-corrected chi connectivity index (χ1v) is 10.5. The lowest BCUT2D eigenvalue weighted by molar-refractivity contribution is -0.123. The fourth-order valence-corrected chi connectivity index (χ4v) is 4.90. The van der Waals surface area contributed by atoms with Crippen LogP contribution in [0.15, 0.2) is 0 Å². The van der Waals surface area contributed by atoms with Gasteiger partial charge in [-0.3, -0.25) is 4.79 Å². The second-order valence-corrected chi connectivity index (χ2v) is 8.10. The third kappa shape index (κ3) is 10.3. The molecule has 0 spiro atoms. The van der Waals surface area contributed by atoms with Crippen LogP contribution in [0.1, 0.15) is 40.0 Å². The van der Waals surface area contributed by atoms with Crippen LogP contribution >= 0.6 is 0 Å². The summed E-state index contributed by atoms with van der Waals surface area (Å²) in [6.07, 6.45) is -1.48. The maximum atomic E-state index is 11.7. The van der Waals surface area contributed by atoms with Crippen LogP contribution in [0.4, 0.5) is 0 Å². The second kappa shape index (κ2) is 13.7. The fourth-order valence-electron chi connectivity index (χ4n) is 2.29. The van der Waals surface area contributed by atoms with E-state index in [2.05, 4.69) is 5.32 Å². The Hall–Kier alpha value is -0.553. The van der Waals surface area contributed by atoms with Crippen molar-refractivity contribution in [3.63, 3.8) is 0 Å². The summed E-state index contributed by atoms with van der Waals surface area (Å²) in [7, 11) is -2.69. The Morgan fingerprint density at radius 3 is 2.04 bits per heavy atom. The van der Waals surface area contributed by atoms with E-state index in [0.29, 0.717) is 38.8 Å². The van der Waals surface area contributed by atoms with E-state index in [4.69, 9.17) is 18.4 Å². The highest BCUT2D eigenvalue weighted by Crippen LogP contribution is 2.17. The van der Waals surface area contributed by atoms with Crippen molar-refractivity contribution in [2.75, 3.05) is 33.0 Å². The van der Waals surface area contributed by atoms with E-state index < -0.39 is 27.6 Å². The fraction of sp³-hybridized carbons (Fsp3) is 0.933. The zero-order valence-electron chi connectivity index (χ0n) is 15.0. The lowest BCUT2D eigenvalue weighted by Crippen LogP contribution is -2.46. The minimum atomic E-state index is -2.69. The topological polar surface area (TPSA) is 117 Å². The van der Waals surface area contributed by atoms with Gasteiger partial charge in [0.15, 0.2) is 0 Å². The molecule has 0 aromatic carbocycles. The van der Waals surface area contributed by atoms with E-state index in [1.807, 2.05) is 20.8 Å². The molecule has 1 amide bonds. The van der Waals surface area contributed by atoms with Gasteiger partial charge in [-0.05, 0) is 27.2 Å². The van der Waals surface area contributed by atoms with Crippen LogP contribution in [0.25, 0.3) is 0 Å². The van der Waals surface area contributed by atoms with E-state index in [9.17, 15) is 15.0 Å². The molecule has 4 N–H and O–H groups in total. The van der Waals surface area contributed by atoms with Gasteiger partial charge in [-0.25, -0.2) is 0 Å². The molecule has 0 aromatic heterocycles. The van der Waals surface area contributed by atoms with Crippen LogP contribution in [-0.4, -0.2) is 75.2 Å². The summed E-state index contributed by atoms with van der Waals surface area (Å²) in [6.45, 7) is 7.21. The quantitative estimate of drug-likeness (QED) is 0.238. The van der Waals surface area contributed by atoms with Crippen LogP contribution in [0.2, 0.25) is 6.04 Å². The Labute approximate surface area is 145 Å². The lowest BCUT2D eigenvalue weighted by atomic mass is 10.1. The van der Waals surface area contributed by atoms with Gasteiger partial charge < -0.3 is 33.9 Å². The molecule has 1 unspecified atom stereocenters. The zero-order valence-corrected chi connectivity index (χ0v) is 16.0. The molecular formula is C15H33NO7Si. The van der Waals surface area contributed by atoms with Crippen molar-refractivity contribution in [1.29, 1.82) is 0 Å². The molecular weight excluding hydrogens is 334 g/mol. The predicted molar refractivity (Wildman–Crippen MR) is 91.4 cm³/mol. The van der Waals surface area contributed by atoms with Gasteiger partial charge in [0.1, 0.15) is 0 Å². The number of hydrogen-bond acceptors (Lipinski definition) is 7. The van der Waals surface area contributed by atoms with Crippen LogP contribution in [0, 0.1) is 0 Å². The van der Waals surface area contributed by atoms with Crippen LogP contribution in [-0.2, 0) is 18.1 Å². The average molecular weight is 368 g/mol. The summed E-state index contributed by atoms with van der Waals surface area (Å²) in [5, 5.41) is 30.3. The molecule has 0 heterocycles. The van der Waals surface area contributed by atoms with Gasteiger partial charge >= 0.3 is 8.80 Å². The third-order valence-electron chi connectivity index (χ3n) is 3.25. The third-order valence-corrected chi connectivity index (χ3v) is 6.40. The monoisotopic (exact) mass is 367 g/mol. The van der Waals surface area contributed by atoms with Crippen molar-refractivity contribution < 1.29 is 33.4 Å². The van der Waals surface area contributed by atoms with Gasteiger partial charge in [0.25, 0.3) is 0 Å². The largest absolute Gasteiger partial charge is 0.500 e. The van der Waals surface area contributed by atoms with Crippen molar-refractivity contribution in [1.82, 2.24) is 5.32 Å². The van der Waals surface area contributed by atoms with Crippen molar-refractivity contribution in [3.8, 4) is 0 Å².